The van der Waals surface area contributed by atoms with Crippen LogP contribution in [0.2, 0.25) is 0 Å². The molecule has 164 valence electrons. The fourth-order valence-corrected chi connectivity index (χ4v) is 5.76. The van der Waals surface area contributed by atoms with E-state index in [4.69, 9.17) is 14.2 Å². The van der Waals surface area contributed by atoms with Gasteiger partial charge in [-0.25, -0.2) is 8.42 Å². The van der Waals surface area contributed by atoms with E-state index >= 15 is 0 Å². The second-order valence-electron chi connectivity index (χ2n) is 6.46. The largest absolute Gasteiger partial charge is 0.490 e. The van der Waals surface area contributed by atoms with Crippen molar-refractivity contribution in [2.45, 2.75) is 17.7 Å². The summed E-state index contributed by atoms with van der Waals surface area (Å²) in [6, 6.07) is 10.3. The lowest BCUT2D eigenvalue weighted by molar-refractivity contribution is 0.0731. The van der Waals surface area contributed by atoms with E-state index in [1.54, 1.807) is 36.4 Å². The molecule has 0 unspecified atom stereocenters. The van der Waals surface area contributed by atoms with Crippen LogP contribution < -0.4 is 10.1 Å². The second-order valence-corrected chi connectivity index (χ2v) is 9.79. The SMILES string of the molecule is CCOCCOc1ccccc1C(=O)NCc1ccc(S(=O)(=O)N2CCOCC2)s1. The van der Waals surface area contributed by atoms with Gasteiger partial charge in [0.25, 0.3) is 15.9 Å². The third-order valence-electron chi connectivity index (χ3n) is 4.45. The van der Waals surface area contributed by atoms with E-state index in [2.05, 4.69) is 5.32 Å². The Bertz CT molecular complexity index is 938. The molecule has 1 fully saturated rings. The molecule has 1 aromatic carbocycles. The predicted octanol–water partition coefficient (Wildman–Crippen LogP) is 2.11. The summed E-state index contributed by atoms with van der Waals surface area (Å²) in [4.78, 5) is 13.4. The summed E-state index contributed by atoms with van der Waals surface area (Å²) in [6.45, 7) is 5.06. The van der Waals surface area contributed by atoms with Gasteiger partial charge in [0.05, 0.1) is 31.9 Å². The summed E-state index contributed by atoms with van der Waals surface area (Å²) >= 11 is 1.16. The Kier molecular flexibility index (Phi) is 8.23. The first-order chi connectivity index (χ1) is 14.5. The van der Waals surface area contributed by atoms with Crippen LogP contribution in [0.25, 0.3) is 0 Å². The fraction of sp³-hybridized carbons (Fsp3) is 0.450. The van der Waals surface area contributed by atoms with Crippen LogP contribution in [0.5, 0.6) is 5.75 Å². The zero-order valence-electron chi connectivity index (χ0n) is 16.8. The number of nitrogens with one attached hydrogen (secondary N) is 1. The summed E-state index contributed by atoms with van der Waals surface area (Å²) in [5, 5.41) is 2.83. The number of rotatable bonds is 10. The lowest BCUT2D eigenvalue weighted by Gasteiger charge is -2.25. The van der Waals surface area contributed by atoms with Crippen LogP contribution in [0.3, 0.4) is 0 Å². The Labute approximate surface area is 180 Å². The van der Waals surface area contributed by atoms with Crippen LogP contribution in [0.15, 0.2) is 40.6 Å². The average Bonchev–Trinajstić information content (AvgIpc) is 3.26. The zero-order valence-corrected chi connectivity index (χ0v) is 18.5. The number of carbonyl (C=O) groups is 1. The van der Waals surface area contributed by atoms with Crippen LogP contribution in [0, 0.1) is 0 Å². The van der Waals surface area contributed by atoms with E-state index in [1.165, 1.54) is 4.31 Å². The van der Waals surface area contributed by atoms with Gasteiger partial charge in [-0.15, -0.1) is 11.3 Å². The smallest absolute Gasteiger partial charge is 0.255 e. The Balaban J connectivity index is 1.59. The third-order valence-corrected chi connectivity index (χ3v) is 7.90. The van der Waals surface area contributed by atoms with Crippen LogP contribution in [0.1, 0.15) is 22.2 Å². The molecule has 0 spiro atoms. The highest BCUT2D eigenvalue weighted by Crippen LogP contribution is 2.26. The molecule has 2 heterocycles. The second kappa shape index (κ2) is 10.9. The lowest BCUT2D eigenvalue weighted by Crippen LogP contribution is -2.40. The van der Waals surface area contributed by atoms with E-state index in [9.17, 15) is 13.2 Å². The maximum absolute atomic E-state index is 12.7. The average molecular weight is 455 g/mol. The Hall–Kier alpha value is -1.98. The van der Waals surface area contributed by atoms with Gasteiger partial charge in [-0.05, 0) is 31.2 Å². The number of morpholine rings is 1. The number of ether oxygens (including phenoxy) is 3. The molecule has 30 heavy (non-hydrogen) atoms. The maximum atomic E-state index is 12.7. The number of thiophene rings is 1. The molecule has 1 N–H and O–H groups in total. The molecular formula is C20H26N2O6S2. The van der Waals surface area contributed by atoms with E-state index < -0.39 is 10.0 Å². The molecule has 1 amide bonds. The minimum absolute atomic E-state index is 0.232. The molecule has 1 aromatic heterocycles. The molecular weight excluding hydrogens is 428 g/mol. The number of nitrogens with zero attached hydrogens (tertiary/aromatic N) is 1. The number of hydrogen-bond donors (Lipinski definition) is 1. The maximum Gasteiger partial charge on any atom is 0.255 e. The summed E-state index contributed by atoms with van der Waals surface area (Å²) in [5.41, 5.74) is 0.423. The molecule has 10 heteroatoms. The molecule has 8 nitrogen and oxygen atoms in total. The molecule has 2 aromatic rings. The summed E-state index contributed by atoms with van der Waals surface area (Å²) in [5.74, 6) is 0.199. The fourth-order valence-electron chi connectivity index (χ4n) is 2.90. The topological polar surface area (TPSA) is 94.2 Å². The van der Waals surface area contributed by atoms with E-state index in [0.717, 1.165) is 16.2 Å². The Morgan fingerprint density at radius 3 is 2.70 bits per heavy atom. The van der Waals surface area contributed by atoms with Crippen LogP contribution in [-0.2, 0) is 26.0 Å². The van der Waals surface area contributed by atoms with Crippen LogP contribution in [-0.4, -0.2) is 64.8 Å². The van der Waals surface area contributed by atoms with Crippen molar-refractivity contribution in [2.75, 3.05) is 46.1 Å². The van der Waals surface area contributed by atoms with Crippen LogP contribution in [0.4, 0.5) is 0 Å². The van der Waals surface area contributed by atoms with Gasteiger partial charge in [0, 0.05) is 24.6 Å². The molecule has 1 aliphatic heterocycles. The van der Waals surface area contributed by atoms with Crippen LogP contribution >= 0.6 is 11.3 Å². The molecule has 0 saturated carbocycles. The van der Waals surface area contributed by atoms with Crippen molar-refractivity contribution in [3.63, 3.8) is 0 Å². The van der Waals surface area contributed by atoms with Gasteiger partial charge in [0.1, 0.15) is 16.6 Å². The molecule has 1 aliphatic rings. The Morgan fingerprint density at radius 2 is 1.93 bits per heavy atom. The van der Waals surface area contributed by atoms with Crippen molar-refractivity contribution in [3.8, 4) is 5.75 Å². The van der Waals surface area contributed by atoms with Gasteiger partial charge in [0.15, 0.2) is 0 Å². The van der Waals surface area contributed by atoms with E-state index in [0.29, 0.717) is 57.4 Å². The van der Waals surface area contributed by atoms with Crippen molar-refractivity contribution < 1.29 is 27.4 Å². The third kappa shape index (κ3) is 5.79. The number of amides is 1. The summed E-state index contributed by atoms with van der Waals surface area (Å²) in [6.07, 6.45) is 0. The first kappa shape index (κ1) is 22.7. The standard InChI is InChI=1S/C20H26N2O6S2/c1-2-26-13-14-28-18-6-4-3-5-17(18)20(23)21-15-16-7-8-19(29-16)30(24,25)22-9-11-27-12-10-22/h3-8H,2,9-15H2,1H3,(H,21,23). The monoisotopic (exact) mass is 454 g/mol. The van der Waals surface area contributed by atoms with Gasteiger partial charge in [-0.3, -0.25) is 4.79 Å². The van der Waals surface area contributed by atoms with E-state index in [1.807, 2.05) is 6.92 Å². The van der Waals surface area contributed by atoms with E-state index in [-0.39, 0.29) is 16.7 Å². The van der Waals surface area contributed by atoms with Gasteiger partial charge < -0.3 is 19.5 Å². The Morgan fingerprint density at radius 1 is 1.17 bits per heavy atom. The highest BCUT2D eigenvalue weighted by atomic mass is 32.2. The highest BCUT2D eigenvalue weighted by molar-refractivity contribution is 7.91. The number of carbonyl (C=O) groups excluding carboxylic acids is 1. The number of benzene rings is 1. The molecule has 0 aliphatic carbocycles. The molecule has 1 saturated heterocycles. The zero-order chi connectivity index (χ0) is 21.4. The number of sulfonamides is 1. The molecule has 0 bridgehead atoms. The highest BCUT2D eigenvalue weighted by Gasteiger charge is 2.27. The van der Waals surface area contributed by atoms with Crippen molar-refractivity contribution in [2.24, 2.45) is 0 Å². The number of para-hydroxylation sites is 1. The van der Waals surface area contributed by atoms with Gasteiger partial charge in [-0.1, -0.05) is 12.1 Å². The van der Waals surface area contributed by atoms with Gasteiger partial charge in [0.2, 0.25) is 0 Å². The first-order valence-electron chi connectivity index (χ1n) is 9.76. The molecule has 0 radical (unpaired) electrons. The lowest BCUT2D eigenvalue weighted by atomic mass is 10.2. The predicted molar refractivity (Wildman–Crippen MR) is 113 cm³/mol. The van der Waals surface area contributed by atoms with Crippen molar-refractivity contribution in [1.82, 2.24) is 9.62 Å². The minimum Gasteiger partial charge on any atom is -0.490 e. The van der Waals surface area contributed by atoms with Crippen molar-refractivity contribution >= 4 is 27.3 Å². The summed E-state index contributed by atoms with van der Waals surface area (Å²) < 4.78 is 43.3. The molecule has 3 rings (SSSR count). The number of hydrogen-bond acceptors (Lipinski definition) is 7. The summed E-state index contributed by atoms with van der Waals surface area (Å²) in [7, 11) is -3.53. The van der Waals surface area contributed by atoms with Gasteiger partial charge in [-0.2, -0.15) is 4.31 Å². The normalized spacial score (nSPS) is 15.1. The molecule has 0 atom stereocenters. The van der Waals surface area contributed by atoms with Gasteiger partial charge >= 0.3 is 0 Å². The first-order valence-corrected chi connectivity index (χ1v) is 12.0. The van der Waals surface area contributed by atoms with Crippen molar-refractivity contribution in [3.05, 3.63) is 46.8 Å². The van der Waals surface area contributed by atoms with Crippen molar-refractivity contribution in [1.29, 1.82) is 0 Å². The minimum atomic E-state index is -3.53. The quantitative estimate of drug-likeness (QED) is 0.553.